The molecule has 180 valence electrons. The van der Waals surface area contributed by atoms with Crippen molar-refractivity contribution in [3.63, 3.8) is 0 Å². The second kappa shape index (κ2) is 10.7. The van der Waals surface area contributed by atoms with Crippen molar-refractivity contribution >= 4 is 35.0 Å². The Labute approximate surface area is 211 Å². The van der Waals surface area contributed by atoms with Gasteiger partial charge in [-0.1, -0.05) is 97.1 Å². The second-order valence-corrected chi connectivity index (χ2v) is 11.1. The van der Waals surface area contributed by atoms with Crippen LogP contribution >= 0.6 is 7.05 Å². The molecule has 0 saturated heterocycles. The minimum Gasteiger partial charge on any atom is -0.461 e. The van der Waals surface area contributed by atoms with Crippen LogP contribution in [0.5, 0.6) is 11.5 Å². The Morgan fingerprint density at radius 1 is 0.806 bits per heavy atom. The van der Waals surface area contributed by atoms with Crippen molar-refractivity contribution < 1.29 is 19.0 Å². The predicted octanol–water partition coefficient (Wildman–Crippen LogP) is 5.50. The average Bonchev–Trinajstić information content (AvgIpc) is 3.41. The van der Waals surface area contributed by atoms with E-state index in [1.165, 1.54) is 0 Å². The third-order valence-electron chi connectivity index (χ3n) is 5.83. The monoisotopic (exact) mass is 495 g/mol. The van der Waals surface area contributed by atoms with Crippen molar-refractivity contribution in [1.82, 2.24) is 0 Å². The maximum atomic E-state index is 13.3. The SMILES string of the molecule is CCOC(=O)/C(=C/c1ccc2c(c1)OCO2)N=P(c1ccccc1)(c1ccccc1)c1ccccc1. The summed E-state index contributed by atoms with van der Waals surface area (Å²) in [5, 5.41) is 3.13. The molecule has 0 radical (unpaired) electrons. The Hall–Kier alpha value is -4.08. The first-order chi connectivity index (χ1) is 17.7. The fourth-order valence-electron chi connectivity index (χ4n) is 4.21. The molecule has 0 bridgehead atoms. The summed E-state index contributed by atoms with van der Waals surface area (Å²) < 4.78 is 21.8. The van der Waals surface area contributed by atoms with Crippen LogP contribution in [-0.2, 0) is 9.53 Å². The molecule has 0 atom stereocenters. The summed E-state index contributed by atoms with van der Waals surface area (Å²) in [7, 11) is -2.64. The van der Waals surface area contributed by atoms with Crippen LogP contribution < -0.4 is 25.4 Å². The third-order valence-corrected chi connectivity index (χ3v) is 9.48. The molecule has 36 heavy (non-hydrogen) atoms. The van der Waals surface area contributed by atoms with Gasteiger partial charge in [-0.15, -0.1) is 0 Å². The largest absolute Gasteiger partial charge is 0.461 e. The summed E-state index contributed by atoms with van der Waals surface area (Å²) in [6.45, 7) is 2.23. The van der Waals surface area contributed by atoms with Crippen LogP contribution in [0.3, 0.4) is 0 Å². The maximum Gasteiger partial charge on any atom is 0.356 e. The number of benzene rings is 4. The van der Waals surface area contributed by atoms with E-state index >= 15 is 0 Å². The molecule has 0 aromatic heterocycles. The van der Waals surface area contributed by atoms with Gasteiger partial charge in [0.2, 0.25) is 6.79 Å². The number of fused-ring (bicyclic) bond motifs is 1. The summed E-state index contributed by atoms with van der Waals surface area (Å²) in [5.74, 6) is 0.853. The molecule has 5 nitrogen and oxygen atoms in total. The van der Waals surface area contributed by atoms with E-state index in [1.54, 1.807) is 13.0 Å². The van der Waals surface area contributed by atoms with Crippen molar-refractivity contribution in [3.05, 3.63) is 120 Å². The van der Waals surface area contributed by atoms with E-state index < -0.39 is 13.0 Å². The zero-order chi connectivity index (χ0) is 24.8. The van der Waals surface area contributed by atoms with Crippen LogP contribution in [-0.4, -0.2) is 19.4 Å². The lowest BCUT2D eigenvalue weighted by Crippen LogP contribution is -2.26. The standard InChI is InChI=1S/C30H26NO4P/c1-2-33-30(32)27(20-23-18-19-28-29(21-23)35-22-34-28)31-36(24-12-6-3-7-13-24,25-14-8-4-9-15-25)26-16-10-5-11-17-26/h3-21H,2,22H2,1H3/b27-20-. The minimum absolute atomic E-state index is 0.183. The van der Waals surface area contributed by atoms with Crippen LogP contribution in [0, 0.1) is 0 Å². The molecule has 0 N–H and O–H groups in total. The van der Waals surface area contributed by atoms with Gasteiger partial charge in [0, 0.05) is 15.9 Å². The first-order valence-corrected chi connectivity index (χ1v) is 13.5. The molecule has 0 spiro atoms. The normalized spacial score (nSPS) is 12.8. The van der Waals surface area contributed by atoms with Crippen molar-refractivity contribution in [3.8, 4) is 11.5 Å². The number of rotatable bonds is 7. The van der Waals surface area contributed by atoms with Crippen molar-refractivity contribution in [2.45, 2.75) is 6.92 Å². The summed E-state index contributed by atoms with van der Waals surface area (Å²) in [6.07, 6.45) is 1.77. The highest BCUT2D eigenvalue weighted by Gasteiger charge is 2.29. The number of carbonyl (C=O) groups excluding carboxylic acids is 1. The molecular weight excluding hydrogens is 469 g/mol. The fourth-order valence-corrected chi connectivity index (χ4v) is 7.72. The van der Waals surface area contributed by atoms with Gasteiger partial charge >= 0.3 is 5.97 Å². The highest BCUT2D eigenvalue weighted by molar-refractivity contribution is 7.87. The molecule has 4 aromatic rings. The van der Waals surface area contributed by atoms with E-state index in [9.17, 15) is 4.79 Å². The molecule has 6 heteroatoms. The number of carbonyl (C=O) groups is 1. The Morgan fingerprint density at radius 3 is 1.86 bits per heavy atom. The van der Waals surface area contributed by atoms with Crippen LogP contribution in [0.2, 0.25) is 0 Å². The molecule has 0 aliphatic carbocycles. The summed E-state index contributed by atoms with van der Waals surface area (Å²) in [6, 6.07) is 36.1. The highest BCUT2D eigenvalue weighted by Crippen LogP contribution is 2.48. The molecule has 0 unspecified atom stereocenters. The predicted molar refractivity (Wildman–Crippen MR) is 145 cm³/mol. The number of nitrogens with zero attached hydrogens (tertiary/aromatic N) is 1. The summed E-state index contributed by atoms with van der Waals surface area (Å²) in [5.41, 5.74) is 1.03. The van der Waals surface area contributed by atoms with Gasteiger partial charge in [0.05, 0.1) is 13.7 Å². The Balaban J connectivity index is 1.82. The number of hydrogen-bond acceptors (Lipinski definition) is 5. The molecule has 5 rings (SSSR count). The topological polar surface area (TPSA) is 57.1 Å². The first kappa shape index (κ1) is 23.7. The van der Waals surface area contributed by atoms with Crippen LogP contribution in [0.4, 0.5) is 0 Å². The Bertz CT molecular complexity index is 1330. The molecule has 1 aliphatic rings. The average molecular weight is 496 g/mol. The van der Waals surface area contributed by atoms with Gasteiger partial charge in [0.15, 0.2) is 11.5 Å². The Kier molecular flexibility index (Phi) is 7.01. The van der Waals surface area contributed by atoms with Gasteiger partial charge in [0.1, 0.15) is 5.70 Å². The lowest BCUT2D eigenvalue weighted by Gasteiger charge is -2.27. The van der Waals surface area contributed by atoms with Crippen LogP contribution in [0.1, 0.15) is 12.5 Å². The Morgan fingerprint density at radius 2 is 1.33 bits per heavy atom. The van der Waals surface area contributed by atoms with Gasteiger partial charge in [-0.25, -0.2) is 9.54 Å². The molecule has 0 fully saturated rings. The maximum absolute atomic E-state index is 13.3. The molecule has 0 saturated carbocycles. The smallest absolute Gasteiger partial charge is 0.356 e. The first-order valence-electron chi connectivity index (χ1n) is 11.8. The van der Waals surface area contributed by atoms with Gasteiger partial charge in [-0.3, -0.25) is 0 Å². The molecular formula is C30H26NO4P. The molecule has 1 heterocycles. The van der Waals surface area contributed by atoms with Gasteiger partial charge in [0.25, 0.3) is 0 Å². The molecule has 1 aliphatic heterocycles. The minimum atomic E-state index is -2.64. The molecule has 0 amide bonds. The van der Waals surface area contributed by atoms with E-state index in [4.69, 9.17) is 19.0 Å². The third kappa shape index (κ3) is 4.71. The summed E-state index contributed by atoms with van der Waals surface area (Å²) >= 11 is 0. The van der Waals surface area contributed by atoms with E-state index in [1.807, 2.05) is 72.8 Å². The van der Waals surface area contributed by atoms with Gasteiger partial charge in [-0.2, -0.15) is 0 Å². The van der Waals surface area contributed by atoms with Crippen molar-refractivity contribution in [2.75, 3.05) is 13.4 Å². The van der Waals surface area contributed by atoms with Gasteiger partial charge < -0.3 is 14.2 Å². The van der Waals surface area contributed by atoms with Crippen molar-refractivity contribution in [1.29, 1.82) is 0 Å². The lowest BCUT2D eigenvalue weighted by molar-refractivity contribution is -0.138. The number of ether oxygens (including phenoxy) is 3. The van der Waals surface area contributed by atoms with E-state index in [0.29, 0.717) is 11.5 Å². The lowest BCUT2D eigenvalue weighted by atomic mass is 10.1. The van der Waals surface area contributed by atoms with E-state index in [0.717, 1.165) is 21.5 Å². The zero-order valence-electron chi connectivity index (χ0n) is 19.9. The van der Waals surface area contributed by atoms with Gasteiger partial charge in [-0.05, 0) is 30.7 Å². The number of esters is 1. The van der Waals surface area contributed by atoms with Crippen molar-refractivity contribution in [2.24, 2.45) is 4.74 Å². The van der Waals surface area contributed by atoms with Crippen LogP contribution in [0.15, 0.2) is 120 Å². The summed E-state index contributed by atoms with van der Waals surface area (Å²) in [4.78, 5) is 13.3. The van der Waals surface area contributed by atoms with E-state index in [2.05, 4.69) is 36.4 Å². The molecule has 4 aromatic carbocycles. The second-order valence-electron chi connectivity index (χ2n) is 8.10. The van der Waals surface area contributed by atoms with E-state index in [-0.39, 0.29) is 19.1 Å². The number of hydrogen-bond donors (Lipinski definition) is 0. The highest BCUT2D eigenvalue weighted by atomic mass is 31.2. The fraction of sp³-hybridized carbons (Fsp3) is 0.100. The quantitative estimate of drug-likeness (QED) is 0.193. The van der Waals surface area contributed by atoms with Crippen LogP contribution in [0.25, 0.3) is 6.08 Å². The zero-order valence-corrected chi connectivity index (χ0v) is 20.8.